The zero-order valence-electron chi connectivity index (χ0n) is 11.3. The Morgan fingerprint density at radius 1 is 1.45 bits per heavy atom. The summed E-state index contributed by atoms with van der Waals surface area (Å²) in [5, 5.41) is 12.2. The van der Waals surface area contributed by atoms with Gasteiger partial charge in [0, 0.05) is 30.8 Å². The number of aliphatic hydroxyl groups is 1. The van der Waals surface area contributed by atoms with Gasteiger partial charge in [-0.2, -0.15) is 0 Å². The van der Waals surface area contributed by atoms with Gasteiger partial charge in [-0.05, 0) is 30.5 Å². The molecule has 1 saturated carbocycles. The van der Waals surface area contributed by atoms with Gasteiger partial charge in [-0.15, -0.1) is 0 Å². The lowest BCUT2D eigenvalue weighted by atomic mass is 9.85. The van der Waals surface area contributed by atoms with E-state index in [1.165, 1.54) is 24.4 Å². The first kappa shape index (κ1) is 14.7. The number of hydrogen-bond donors (Lipinski definition) is 2. The number of amides is 1. The number of nitrogens with zero attached hydrogens (tertiary/aromatic N) is 1. The van der Waals surface area contributed by atoms with Crippen molar-refractivity contribution in [3.05, 3.63) is 35.9 Å². The molecule has 1 aliphatic rings. The maximum Gasteiger partial charge on any atom is 0.244 e. The minimum atomic E-state index is -0.430. The summed E-state index contributed by atoms with van der Waals surface area (Å²) in [7, 11) is 0. The Bertz CT molecular complexity index is 491. The average Bonchev–Trinajstić information content (AvgIpc) is 2.46. The highest BCUT2D eigenvalue weighted by molar-refractivity contribution is 5.91. The van der Waals surface area contributed by atoms with E-state index in [9.17, 15) is 14.3 Å². The van der Waals surface area contributed by atoms with Crippen LogP contribution in [0.25, 0.3) is 6.08 Å². The number of hydrogen-bond acceptors (Lipinski definition) is 3. The second-order valence-electron chi connectivity index (χ2n) is 5.11. The summed E-state index contributed by atoms with van der Waals surface area (Å²) in [6.07, 6.45) is 9.52. The molecule has 0 bridgehead atoms. The van der Waals surface area contributed by atoms with Gasteiger partial charge in [0.2, 0.25) is 5.91 Å². The van der Waals surface area contributed by atoms with Gasteiger partial charge >= 0.3 is 0 Å². The van der Waals surface area contributed by atoms with Gasteiger partial charge in [-0.3, -0.25) is 9.78 Å². The molecule has 20 heavy (non-hydrogen) atoms. The van der Waals surface area contributed by atoms with Crippen molar-refractivity contribution in [1.82, 2.24) is 10.3 Å². The second kappa shape index (κ2) is 7.14. The van der Waals surface area contributed by atoms with Crippen LogP contribution in [0.15, 0.2) is 24.5 Å². The van der Waals surface area contributed by atoms with Crippen LogP contribution in [-0.2, 0) is 4.79 Å². The van der Waals surface area contributed by atoms with Crippen molar-refractivity contribution in [2.24, 2.45) is 5.92 Å². The van der Waals surface area contributed by atoms with Crippen LogP contribution in [0.3, 0.4) is 0 Å². The number of halogens is 1. The molecule has 1 aliphatic carbocycles. The summed E-state index contributed by atoms with van der Waals surface area (Å²) >= 11 is 0. The second-order valence-corrected chi connectivity index (χ2v) is 5.11. The molecule has 0 spiro atoms. The Hall–Kier alpha value is -1.75. The molecule has 0 aromatic carbocycles. The molecule has 1 amide bonds. The number of carbonyl (C=O) groups is 1. The van der Waals surface area contributed by atoms with Gasteiger partial charge in [-0.25, -0.2) is 4.39 Å². The van der Waals surface area contributed by atoms with E-state index in [2.05, 4.69) is 10.3 Å². The van der Waals surface area contributed by atoms with Gasteiger partial charge < -0.3 is 10.4 Å². The summed E-state index contributed by atoms with van der Waals surface area (Å²) in [6, 6.07) is 1.34. The standard InChI is InChI=1S/C15H19FN2O2/c16-13-7-11(8-17-9-13)5-6-15(20)18-14-4-2-1-3-12(14)10-19/h5-9,12,14,19H,1-4,10H2,(H,18,20)/b6-5+. The Balaban J connectivity index is 1.91. The Morgan fingerprint density at radius 2 is 2.25 bits per heavy atom. The maximum absolute atomic E-state index is 12.9. The van der Waals surface area contributed by atoms with E-state index in [4.69, 9.17) is 0 Å². The smallest absolute Gasteiger partial charge is 0.244 e. The number of aliphatic hydroxyl groups excluding tert-OH is 1. The molecule has 1 heterocycles. The summed E-state index contributed by atoms with van der Waals surface area (Å²) in [4.78, 5) is 15.5. The lowest BCUT2D eigenvalue weighted by molar-refractivity contribution is -0.117. The van der Waals surface area contributed by atoms with Crippen molar-refractivity contribution in [2.75, 3.05) is 6.61 Å². The minimum absolute atomic E-state index is 0.0246. The lowest BCUT2D eigenvalue weighted by Crippen LogP contribution is -2.42. The van der Waals surface area contributed by atoms with Crippen LogP contribution in [0.4, 0.5) is 4.39 Å². The van der Waals surface area contributed by atoms with Crippen molar-refractivity contribution in [1.29, 1.82) is 0 Å². The van der Waals surface area contributed by atoms with Crippen LogP contribution in [0.2, 0.25) is 0 Å². The van der Waals surface area contributed by atoms with Crippen molar-refractivity contribution in [3.8, 4) is 0 Å². The van der Waals surface area contributed by atoms with Crippen LogP contribution in [-0.4, -0.2) is 28.6 Å². The zero-order valence-corrected chi connectivity index (χ0v) is 11.3. The zero-order chi connectivity index (χ0) is 14.4. The third kappa shape index (κ3) is 4.13. The molecule has 5 heteroatoms. The first-order chi connectivity index (χ1) is 9.69. The first-order valence-electron chi connectivity index (χ1n) is 6.89. The van der Waals surface area contributed by atoms with Crippen LogP contribution >= 0.6 is 0 Å². The highest BCUT2D eigenvalue weighted by Crippen LogP contribution is 2.23. The van der Waals surface area contributed by atoms with Crippen LogP contribution in [0, 0.1) is 11.7 Å². The van der Waals surface area contributed by atoms with E-state index in [-0.39, 0.29) is 24.5 Å². The molecule has 1 aromatic rings. The quantitative estimate of drug-likeness (QED) is 0.827. The van der Waals surface area contributed by atoms with Gasteiger partial charge in [0.15, 0.2) is 0 Å². The molecule has 2 atom stereocenters. The molecule has 0 radical (unpaired) electrons. The molecule has 0 aliphatic heterocycles. The molecule has 1 fully saturated rings. The van der Waals surface area contributed by atoms with E-state index < -0.39 is 5.82 Å². The van der Waals surface area contributed by atoms with Crippen molar-refractivity contribution >= 4 is 12.0 Å². The third-order valence-corrected chi connectivity index (χ3v) is 3.62. The fourth-order valence-electron chi connectivity index (χ4n) is 2.54. The highest BCUT2D eigenvalue weighted by atomic mass is 19.1. The Kier molecular flexibility index (Phi) is 5.24. The average molecular weight is 278 g/mol. The fraction of sp³-hybridized carbons (Fsp3) is 0.467. The molecular weight excluding hydrogens is 259 g/mol. The van der Waals surface area contributed by atoms with E-state index >= 15 is 0 Å². The molecule has 2 rings (SSSR count). The predicted molar refractivity (Wildman–Crippen MR) is 74.2 cm³/mol. The lowest BCUT2D eigenvalue weighted by Gasteiger charge is -2.30. The molecule has 4 nitrogen and oxygen atoms in total. The van der Waals surface area contributed by atoms with E-state index in [0.717, 1.165) is 31.9 Å². The van der Waals surface area contributed by atoms with Crippen molar-refractivity contribution in [3.63, 3.8) is 0 Å². The third-order valence-electron chi connectivity index (χ3n) is 3.62. The summed E-state index contributed by atoms with van der Waals surface area (Å²) in [6.45, 7) is 0.0997. The summed E-state index contributed by atoms with van der Waals surface area (Å²) in [5.74, 6) is -0.517. The van der Waals surface area contributed by atoms with E-state index in [1.807, 2.05) is 0 Å². The first-order valence-corrected chi connectivity index (χ1v) is 6.89. The number of aromatic nitrogens is 1. The molecule has 2 N–H and O–H groups in total. The topological polar surface area (TPSA) is 62.2 Å². The molecule has 108 valence electrons. The van der Waals surface area contributed by atoms with Gasteiger partial charge in [0.1, 0.15) is 5.82 Å². The largest absolute Gasteiger partial charge is 0.396 e. The van der Waals surface area contributed by atoms with Crippen molar-refractivity contribution < 1.29 is 14.3 Å². The highest BCUT2D eigenvalue weighted by Gasteiger charge is 2.25. The predicted octanol–water partition coefficient (Wildman–Crippen LogP) is 1.90. The normalized spacial score (nSPS) is 22.9. The number of carbonyl (C=O) groups excluding carboxylic acids is 1. The molecular formula is C15H19FN2O2. The van der Waals surface area contributed by atoms with Gasteiger partial charge in [0.25, 0.3) is 0 Å². The molecule has 1 aromatic heterocycles. The van der Waals surface area contributed by atoms with Crippen molar-refractivity contribution in [2.45, 2.75) is 31.7 Å². The SMILES string of the molecule is O=C(/C=C/c1cncc(F)c1)NC1CCCCC1CO. The number of pyridine rings is 1. The summed E-state index contributed by atoms with van der Waals surface area (Å²) < 4.78 is 12.9. The Labute approximate surface area is 117 Å². The van der Waals surface area contributed by atoms with E-state index in [0.29, 0.717) is 5.56 Å². The summed E-state index contributed by atoms with van der Waals surface area (Å²) in [5.41, 5.74) is 0.544. The van der Waals surface area contributed by atoms with Crippen LogP contribution < -0.4 is 5.32 Å². The molecule has 0 saturated heterocycles. The van der Waals surface area contributed by atoms with Crippen LogP contribution in [0.1, 0.15) is 31.2 Å². The maximum atomic E-state index is 12.9. The fourth-order valence-corrected chi connectivity index (χ4v) is 2.54. The Morgan fingerprint density at radius 3 is 3.00 bits per heavy atom. The van der Waals surface area contributed by atoms with Crippen LogP contribution in [0.5, 0.6) is 0 Å². The van der Waals surface area contributed by atoms with Gasteiger partial charge in [0.05, 0.1) is 6.20 Å². The number of nitrogens with one attached hydrogen (secondary N) is 1. The monoisotopic (exact) mass is 278 g/mol. The molecule has 2 unspecified atom stereocenters. The minimum Gasteiger partial charge on any atom is -0.396 e. The van der Waals surface area contributed by atoms with E-state index in [1.54, 1.807) is 0 Å². The van der Waals surface area contributed by atoms with Gasteiger partial charge in [-0.1, -0.05) is 12.8 Å². The number of rotatable bonds is 4.